The molecule has 0 unspecified atom stereocenters. The molecule has 0 radical (unpaired) electrons. The Labute approximate surface area is 114 Å². The van der Waals surface area contributed by atoms with Crippen LogP contribution in [0.2, 0.25) is 0 Å². The molecule has 2 heterocycles. The van der Waals surface area contributed by atoms with Gasteiger partial charge in [-0.05, 0) is 48.1 Å². The molecule has 0 aromatic carbocycles. The van der Waals surface area contributed by atoms with E-state index in [2.05, 4.69) is 49.7 Å². The summed E-state index contributed by atoms with van der Waals surface area (Å²) in [6.07, 6.45) is 0. The first-order valence-corrected chi connectivity index (χ1v) is 7.32. The first-order chi connectivity index (χ1) is 8.43. The van der Waals surface area contributed by atoms with Crippen molar-refractivity contribution in [3.63, 3.8) is 0 Å². The molecule has 0 aliphatic carbocycles. The van der Waals surface area contributed by atoms with Gasteiger partial charge in [-0.1, -0.05) is 32.9 Å². The quantitative estimate of drug-likeness (QED) is 0.737. The predicted molar refractivity (Wildman–Crippen MR) is 78.5 cm³/mol. The van der Waals surface area contributed by atoms with E-state index in [1.807, 2.05) is 13.8 Å². The molecule has 100 valence electrons. The second kappa shape index (κ2) is 6.74. The first kappa shape index (κ1) is 15.0. The number of hydrogen-bond donors (Lipinski definition) is 0. The normalized spacial score (nSPS) is 10.7. The van der Waals surface area contributed by atoms with Gasteiger partial charge < -0.3 is 4.52 Å². The topological polar surface area (TPSA) is 26.0 Å². The number of nitrogens with zero attached hydrogens (tertiary/aromatic N) is 1. The fraction of sp³-hybridized carbons (Fsp3) is 0.533. The number of aryl methyl sites for hydroxylation is 2. The Hall–Kier alpha value is -1.09. The van der Waals surface area contributed by atoms with Gasteiger partial charge in [-0.25, -0.2) is 0 Å². The second-order valence-electron chi connectivity index (χ2n) is 5.10. The number of rotatable bonds is 2. The van der Waals surface area contributed by atoms with Crippen molar-refractivity contribution in [1.82, 2.24) is 5.16 Å². The number of thiophene rings is 1. The molecule has 0 atom stereocenters. The molecule has 0 aliphatic rings. The third-order valence-corrected chi connectivity index (χ3v) is 3.58. The summed E-state index contributed by atoms with van der Waals surface area (Å²) >= 11 is 1.77. The fourth-order valence-corrected chi connectivity index (χ4v) is 2.74. The molecule has 2 nitrogen and oxygen atoms in total. The van der Waals surface area contributed by atoms with E-state index < -0.39 is 0 Å². The molecule has 0 aliphatic heterocycles. The molecule has 0 N–H and O–H groups in total. The van der Waals surface area contributed by atoms with Gasteiger partial charge in [0, 0.05) is 5.56 Å². The zero-order valence-corrected chi connectivity index (χ0v) is 13.0. The summed E-state index contributed by atoms with van der Waals surface area (Å²) in [5.41, 5.74) is 3.72. The number of aromatic nitrogens is 1. The number of hydrogen-bond acceptors (Lipinski definition) is 3. The van der Waals surface area contributed by atoms with Crippen molar-refractivity contribution in [3.05, 3.63) is 39.4 Å². The van der Waals surface area contributed by atoms with Crippen molar-refractivity contribution < 1.29 is 4.52 Å². The predicted octanol–water partition coefficient (Wildman–Crippen LogP) is 5.29. The third kappa shape index (κ3) is 3.98. The molecule has 0 saturated carbocycles. The summed E-state index contributed by atoms with van der Waals surface area (Å²) in [5, 5.41) is 8.18. The fourth-order valence-electron chi connectivity index (χ4n) is 1.92. The van der Waals surface area contributed by atoms with Crippen LogP contribution in [0.5, 0.6) is 0 Å². The van der Waals surface area contributed by atoms with Crippen LogP contribution >= 0.6 is 11.3 Å². The third-order valence-electron chi connectivity index (χ3n) is 2.88. The molecular weight excluding hydrogens is 242 g/mol. The molecule has 0 spiro atoms. The molecule has 18 heavy (non-hydrogen) atoms. The van der Waals surface area contributed by atoms with Gasteiger partial charge in [0.2, 0.25) is 0 Å². The van der Waals surface area contributed by atoms with Gasteiger partial charge in [0.05, 0.1) is 5.69 Å². The molecule has 0 saturated heterocycles. The van der Waals surface area contributed by atoms with Crippen LogP contribution in [-0.4, -0.2) is 5.16 Å². The largest absolute Gasteiger partial charge is 0.361 e. The maximum Gasteiger partial charge on any atom is 0.137 e. The second-order valence-corrected chi connectivity index (χ2v) is 5.88. The zero-order valence-electron chi connectivity index (χ0n) is 12.2. The van der Waals surface area contributed by atoms with Crippen LogP contribution in [-0.2, 0) is 0 Å². The van der Waals surface area contributed by atoms with E-state index in [0.29, 0.717) is 11.8 Å². The summed E-state index contributed by atoms with van der Waals surface area (Å²) in [5.74, 6) is 2.17. The van der Waals surface area contributed by atoms with Gasteiger partial charge in [0.25, 0.3) is 0 Å². The SMILES string of the molecule is CC(C)c1ccsc1.Cc1noc(C)c1C(C)C. The average molecular weight is 265 g/mol. The maximum absolute atomic E-state index is 5.01. The summed E-state index contributed by atoms with van der Waals surface area (Å²) in [7, 11) is 0. The van der Waals surface area contributed by atoms with Crippen LogP contribution in [0.15, 0.2) is 21.3 Å². The van der Waals surface area contributed by atoms with Crippen molar-refractivity contribution in [1.29, 1.82) is 0 Å². The van der Waals surface area contributed by atoms with Crippen molar-refractivity contribution in [2.24, 2.45) is 0 Å². The van der Waals surface area contributed by atoms with Gasteiger partial charge in [-0.2, -0.15) is 11.3 Å². The van der Waals surface area contributed by atoms with E-state index in [1.165, 1.54) is 11.1 Å². The summed E-state index contributed by atoms with van der Waals surface area (Å²) < 4.78 is 5.01. The lowest BCUT2D eigenvalue weighted by Gasteiger charge is -2.00. The van der Waals surface area contributed by atoms with E-state index in [4.69, 9.17) is 4.52 Å². The Morgan fingerprint density at radius 3 is 2.00 bits per heavy atom. The minimum Gasteiger partial charge on any atom is -0.361 e. The molecule has 2 aromatic rings. The minimum absolute atomic E-state index is 0.520. The molecule has 0 bridgehead atoms. The van der Waals surface area contributed by atoms with Crippen LogP contribution < -0.4 is 0 Å². The van der Waals surface area contributed by atoms with Crippen LogP contribution in [0, 0.1) is 13.8 Å². The molecule has 0 fully saturated rings. The molecule has 3 heteroatoms. The maximum atomic E-state index is 5.01. The first-order valence-electron chi connectivity index (χ1n) is 6.38. The standard InChI is InChI=1S/C8H13NO.C7H10S/c1-5(2)8-6(3)9-10-7(8)4;1-6(2)7-3-4-8-5-7/h5H,1-4H3;3-6H,1-2H3. The van der Waals surface area contributed by atoms with Gasteiger partial charge in [-0.3, -0.25) is 0 Å². The zero-order chi connectivity index (χ0) is 13.7. The van der Waals surface area contributed by atoms with Crippen LogP contribution in [0.25, 0.3) is 0 Å². The Kier molecular flexibility index (Phi) is 5.60. The Balaban J connectivity index is 0.000000184. The average Bonchev–Trinajstić information content (AvgIpc) is 2.89. The van der Waals surface area contributed by atoms with Crippen molar-refractivity contribution in [2.75, 3.05) is 0 Å². The molecular formula is C15H23NOS. The van der Waals surface area contributed by atoms with Gasteiger partial charge in [-0.15, -0.1) is 0 Å². The van der Waals surface area contributed by atoms with Crippen LogP contribution in [0.1, 0.15) is 62.1 Å². The van der Waals surface area contributed by atoms with Crippen LogP contribution in [0.3, 0.4) is 0 Å². The van der Waals surface area contributed by atoms with Crippen molar-refractivity contribution >= 4 is 11.3 Å². The monoisotopic (exact) mass is 265 g/mol. The molecule has 2 aromatic heterocycles. The van der Waals surface area contributed by atoms with E-state index in [-0.39, 0.29) is 0 Å². The molecule has 2 rings (SSSR count). The Morgan fingerprint density at radius 1 is 1.11 bits per heavy atom. The van der Waals surface area contributed by atoms with Gasteiger partial charge >= 0.3 is 0 Å². The van der Waals surface area contributed by atoms with E-state index >= 15 is 0 Å². The summed E-state index contributed by atoms with van der Waals surface area (Å²) in [6.45, 7) is 12.6. The summed E-state index contributed by atoms with van der Waals surface area (Å²) in [4.78, 5) is 0. The van der Waals surface area contributed by atoms with E-state index in [0.717, 1.165) is 11.5 Å². The van der Waals surface area contributed by atoms with Crippen LogP contribution in [0.4, 0.5) is 0 Å². The lowest BCUT2D eigenvalue weighted by atomic mass is 10.0. The molecule has 0 amide bonds. The lowest BCUT2D eigenvalue weighted by molar-refractivity contribution is 0.392. The Morgan fingerprint density at radius 2 is 1.78 bits per heavy atom. The Bertz CT molecular complexity index is 435. The smallest absolute Gasteiger partial charge is 0.137 e. The van der Waals surface area contributed by atoms with Crippen molar-refractivity contribution in [3.8, 4) is 0 Å². The highest BCUT2D eigenvalue weighted by Crippen LogP contribution is 2.21. The minimum atomic E-state index is 0.520. The van der Waals surface area contributed by atoms with Gasteiger partial charge in [0.1, 0.15) is 5.76 Å². The van der Waals surface area contributed by atoms with Crippen molar-refractivity contribution in [2.45, 2.75) is 53.4 Å². The highest BCUT2D eigenvalue weighted by molar-refractivity contribution is 7.07. The van der Waals surface area contributed by atoms with Gasteiger partial charge in [0.15, 0.2) is 0 Å². The highest BCUT2D eigenvalue weighted by Gasteiger charge is 2.11. The van der Waals surface area contributed by atoms with E-state index in [1.54, 1.807) is 11.3 Å². The van der Waals surface area contributed by atoms with E-state index in [9.17, 15) is 0 Å². The lowest BCUT2D eigenvalue weighted by Crippen LogP contribution is -1.89. The highest BCUT2D eigenvalue weighted by atomic mass is 32.1. The summed E-state index contributed by atoms with van der Waals surface area (Å²) in [6, 6.07) is 2.18.